The summed E-state index contributed by atoms with van der Waals surface area (Å²) in [5.74, 6) is 0. The molecule has 4 aromatic carbocycles. The van der Waals surface area contributed by atoms with Crippen LogP contribution in [0.1, 0.15) is 41.1 Å². The molecular formula is C30H27ClN2. The topological polar surface area (TPSA) is 40.4 Å². The number of benzene rings is 4. The summed E-state index contributed by atoms with van der Waals surface area (Å²) >= 11 is 0. The van der Waals surface area contributed by atoms with E-state index in [0.29, 0.717) is 6.04 Å². The van der Waals surface area contributed by atoms with Gasteiger partial charge in [0.05, 0.1) is 12.6 Å². The van der Waals surface area contributed by atoms with Gasteiger partial charge in [-0.1, -0.05) is 109 Å². The highest BCUT2D eigenvalue weighted by molar-refractivity contribution is 5.77. The third-order valence-corrected chi connectivity index (χ3v) is 6.76. The van der Waals surface area contributed by atoms with Crippen molar-refractivity contribution in [2.75, 3.05) is 6.54 Å². The molecule has 3 heteroatoms. The smallest absolute Gasteiger partial charge is 0.138 e. The van der Waals surface area contributed by atoms with Gasteiger partial charge in [0.1, 0.15) is 11.5 Å². The van der Waals surface area contributed by atoms with Crippen molar-refractivity contribution in [2.45, 2.75) is 24.3 Å². The van der Waals surface area contributed by atoms with Crippen LogP contribution in [0.4, 0.5) is 0 Å². The molecule has 0 saturated carbocycles. The molecule has 0 aromatic heterocycles. The molecule has 0 amide bonds. The molecule has 5 rings (SSSR count). The molecule has 0 atom stereocenters. The number of fused-ring (bicyclic) bond motifs is 3. The van der Waals surface area contributed by atoms with Crippen molar-refractivity contribution in [2.24, 2.45) is 0 Å². The molecule has 0 fully saturated rings. The van der Waals surface area contributed by atoms with Crippen molar-refractivity contribution in [3.05, 3.63) is 131 Å². The molecule has 2 nitrogen and oxygen atoms in total. The van der Waals surface area contributed by atoms with Crippen molar-refractivity contribution < 1.29 is 17.7 Å². The summed E-state index contributed by atoms with van der Waals surface area (Å²) in [5, 5.41) is 12.8. The Labute approximate surface area is 202 Å². The molecule has 0 unspecified atom stereocenters. The lowest BCUT2D eigenvalue weighted by Gasteiger charge is -2.28. The molecule has 33 heavy (non-hydrogen) atoms. The number of nitrogens with two attached hydrogens (primary N) is 1. The third kappa shape index (κ3) is 4.18. The van der Waals surface area contributed by atoms with Gasteiger partial charge in [-0.15, -0.1) is 0 Å². The predicted molar refractivity (Wildman–Crippen MR) is 129 cm³/mol. The lowest BCUT2D eigenvalue weighted by molar-refractivity contribution is -0.686. The molecule has 0 aliphatic heterocycles. The Morgan fingerprint density at radius 1 is 0.667 bits per heavy atom. The van der Waals surface area contributed by atoms with Gasteiger partial charge in [0, 0.05) is 11.1 Å². The van der Waals surface area contributed by atoms with E-state index in [-0.39, 0.29) is 12.4 Å². The van der Waals surface area contributed by atoms with Crippen LogP contribution in [0.25, 0.3) is 11.1 Å². The lowest BCUT2D eigenvalue weighted by atomic mass is 9.72. The van der Waals surface area contributed by atoms with E-state index in [9.17, 15) is 5.26 Å². The quantitative estimate of drug-likeness (QED) is 0.432. The van der Waals surface area contributed by atoms with E-state index in [1.165, 1.54) is 22.3 Å². The second-order valence-corrected chi connectivity index (χ2v) is 8.53. The fourth-order valence-corrected chi connectivity index (χ4v) is 5.19. The normalized spacial score (nSPS) is 12.3. The van der Waals surface area contributed by atoms with Gasteiger partial charge in [-0.2, -0.15) is 5.26 Å². The van der Waals surface area contributed by atoms with Gasteiger partial charge in [0.25, 0.3) is 0 Å². The van der Waals surface area contributed by atoms with Crippen LogP contribution in [-0.4, -0.2) is 6.54 Å². The Bertz CT molecular complexity index is 1160. The molecule has 0 bridgehead atoms. The highest BCUT2D eigenvalue weighted by Crippen LogP contribution is 2.41. The number of hydrogen-bond donors (Lipinski definition) is 1. The molecule has 1 aliphatic carbocycles. The van der Waals surface area contributed by atoms with E-state index in [2.05, 4.69) is 84.2 Å². The zero-order valence-electron chi connectivity index (χ0n) is 18.5. The Morgan fingerprint density at radius 3 is 1.61 bits per heavy atom. The van der Waals surface area contributed by atoms with Crippen molar-refractivity contribution in [1.29, 1.82) is 5.26 Å². The van der Waals surface area contributed by atoms with E-state index in [0.717, 1.165) is 30.5 Å². The molecule has 4 aromatic rings. The van der Waals surface area contributed by atoms with Gasteiger partial charge in [0.15, 0.2) is 0 Å². The standard InChI is InChI=1S/C30H26N2.ClH/c31-22-30(23-12-3-1-4-13-23,24-14-5-2-6-15-24)20-11-21-32-29-27-18-9-7-16-25(27)26-17-8-10-19-28(26)29;/h1-10,12-19,29,32H,11,20-21H2;1H. The first-order valence-electron chi connectivity index (χ1n) is 11.4. The molecule has 164 valence electrons. The minimum Gasteiger partial charge on any atom is -1.00 e. The van der Waals surface area contributed by atoms with E-state index in [1.807, 2.05) is 36.4 Å². The van der Waals surface area contributed by atoms with Gasteiger partial charge < -0.3 is 17.7 Å². The maximum absolute atomic E-state index is 10.4. The maximum atomic E-state index is 10.4. The SMILES string of the molecule is N#CC(CCC[NH2+]C1c2ccccc2-c2ccccc21)(c1ccccc1)c1ccccc1.[Cl-]. The largest absolute Gasteiger partial charge is 1.00 e. The average molecular weight is 451 g/mol. The summed E-state index contributed by atoms with van der Waals surface area (Å²) in [4.78, 5) is 0. The van der Waals surface area contributed by atoms with Gasteiger partial charge >= 0.3 is 0 Å². The number of hydrogen-bond acceptors (Lipinski definition) is 1. The van der Waals surface area contributed by atoms with Crippen LogP contribution in [0.2, 0.25) is 0 Å². The van der Waals surface area contributed by atoms with Crippen LogP contribution in [-0.2, 0) is 5.41 Å². The van der Waals surface area contributed by atoms with Crippen LogP contribution < -0.4 is 17.7 Å². The van der Waals surface area contributed by atoms with Crippen molar-refractivity contribution >= 4 is 0 Å². The summed E-state index contributed by atoms with van der Waals surface area (Å²) in [6.45, 7) is 0.969. The molecule has 0 spiro atoms. The summed E-state index contributed by atoms with van der Waals surface area (Å²) in [5.41, 5.74) is 7.02. The summed E-state index contributed by atoms with van der Waals surface area (Å²) < 4.78 is 0. The highest BCUT2D eigenvalue weighted by Gasteiger charge is 2.35. The van der Waals surface area contributed by atoms with Gasteiger partial charge in [-0.25, -0.2) is 0 Å². The first-order valence-corrected chi connectivity index (χ1v) is 11.4. The Hall–Kier alpha value is -3.38. The average Bonchev–Trinajstić information content (AvgIpc) is 3.19. The van der Waals surface area contributed by atoms with Crippen molar-refractivity contribution in [3.8, 4) is 17.2 Å². The van der Waals surface area contributed by atoms with Crippen molar-refractivity contribution in [3.63, 3.8) is 0 Å². The maximum Gasteiger partial charge on any atom is 0.138 e. The summed E-state index contributed by atoms with van der Waals surface area (Å²) in [6, 6.07) is 41.0. The number of rotatable bonds is 7. The molecule has 1 aliphatic rings. The minimum atomic E-state index is -0.623. The Morgan fingerprint density at radius 2 is 1.12 bits per heavy atom. The fourth-order valence-electron chi connectivity index (χ4n) is 5.19. The second kappa shape index (κ2) is 10.0. The van der Waals surface area contributed by atoms with E-state index in [1.54, 1.807) is 0 Å². The zero-order chi connectivity index (χ0) is 21.8. The first kappa shape index (κ1) is 22.8. The van der Waals surface area contributed by atoms with E-state index >= 15 is 0 Å². The van der Waals surface area contributed by atoms with Crippen molar-refractivity contribution in [1.82, 2.24) is 0 Å². The van der Waals surface area contributed by atoms with Crippen LogP contribution in [0.5, 0.6) is 0 Å². The molecular weight excluding hydrogens is 424 g/mol. The van der Waals surface area contributed by atoms with E-state index in [4.69, 9.17) is 0 Å². The lowest BCUT2D eigenvalue weighted by Crippen LogP contribution is -3.00. The van der Waals surface area contributed by atoms with E-state index < -0.39 is 5.41 Å². The highest BCUT2D eigenvalue weighted by atomic mass is 35.5. The Balaban J connectivity index is 0.00000259. The zero-order valence-corrected chi connectivity index (χ0v) is 19.2. The van der Waals surface area contributed by atoms with Crippen LogP contribution in [0.3, 0.4) is 0 Å². The molecule has 2 N–H and O–H groups in total. The van der Waals surface area contributed by atoms with Gasteiger partial charge in [0.2, 0.25) is 0 Å². The van der Waals surface area contributed by atoms with Crippen LogP contribution in [0.15, 0.2) is 109 Å². The number of nitrogens with zero attached hydrogens (tertiary/aromatic N) is 1. The van der Waals surface area contributed by atoms with Gasteiger partial charge in [-0.05, 0) is 35.1 Å². The predicted octanol–water partition coefficient (Wildman–Crippen LogP) is 2.61. The van der Waals surface area contributed by atoms with Crippen LogP contribution >= 0.6 is 0 Å². The Kier molecular flexibility index (Phi) is 6.94. The monoisotopic (exact) mass is 450 g/mol. The minimum absolute atomic E-state index is 0. The second-order valence-electron chi connectivity index (χ2n) is 8.53. The number of halogens is 1. The fraction of sp³-hybridized carbons (Fsp3) is 0.167. The summed E-state index contributed by atoms with van der Waals surface area (Å²) in [7, 11) is 0. The number of quaternary nitrogens is 1. The third-order valence-electron chi connectivity index (χ3n) is 6.76. The molecule has 0 heterocycles. The van der Waals surface area contributed by atoms with Gasteiger partial charge in [-0.3, -0.25) is 0 Å². The molecule has 0 radical (unpaired) electrons. The number of nitriles is 1. The van der Waals surface area contributed by atoms with Crippen LogP contribution in [0, 0.1) is 11.3 Å². The summed E-state index contributed by atoms with van der Waals surface area (Å²) in [6.07, 6.45) is 1.75. The first-order chi connectivity index (χ1) is 15.8. The molecule has 0 saturated heterocycles.